The van der Waals surface area contributed by atoms with Gasteiger partial charge in [-0.1, -0.05) is 151 Å². The molecule has 53 heavy (non-hydrogen) atoms. The molecule has 0 bridgehead atoms. The Hall–Kier alpha value is -7.04. The summed E-state index contributed by atoms with van der Waals surface area (Å²) in [6.45, 7) is 2.11. The first-order valence-electron chi connectivity index (χ1n) is 18.0. The molecule has 250 valence electrons. The van der Waals surface area contributed by atoms with Crippen molar-refractivity contribution in [3.8, 4) is 34.2 Å². The highest BCUT2D eigenvalue weighted by Gasteiger charge is 2.20. The quantitative estimate of drug-likeness (QED) is 0.175. The molecule has 0 aliphatic rings. The molecule has 7 aromatic carbocycles. The van der Waals surface area contributed by atoms with E-state index in [1.54, 1.807) is 0 Å². The van der Waals surface area contributed by atoms with Gasteiger partial charge in [0, 0.05) is 38.4 Å². The van der Waals surface area contributed by atoms with Crippen molar-refractivity contribution in [2.45, 2.75) is 6.92 Å². The molecule has 0 unspecified atom stereocenters. The number of fused-ring (bicyclic) bond motifs is 5. The lowest BCUT2D eigenvalue weighted by Gasteiger charge is -2.12. The van der Waals surface area contributed by atoms with E-state index in [-0.39, 0.29) is 0 Å². The van der Waals surface area contributed by atoms with Gasteiger partial charge in [-0.15, -0.1) is 0 Å². The van der Waals surface area contributed by atoms with Crippen LogP contribution in [0.3, 0.4) is 0 Å². The van der Waals surface area contributed by atoms with Crippen molar-refractivity contribution in [3.63, 3.8) is 0 Å². The van der Waals surface area contributed by atoms with Crippen molar-refractivity contribution in [1.82, 2.24) is 19.1 Å². The van der Waals surface area contributed by atoms with Crippen LogP contribution in [-0.2, 0) is 0 Å². The Morgan fingerprint density at radius 3 is 1.85 bits per heavy atom. The lowest BCUT2D eigenvalue weighted by molar-refractivity contribution is 1.01. The number of hydrogen-bond acceptors (Lipinski definition) is 2. The van der Waals surface area contributed by atoms with Gasteiger partial charge in [0.1, 0.15) is 0 Å². The molecular weight excluding hydrogens is 645 g/mol. The van der Waals surface area contributed by atoms with E-state index in [4.69, 9.17) is 9.97 Å². The van der Waals surface area contributed by atoms with Crippen molar-refractivity contribution < 1.29 is 0 Å². The number of rotatable bonds is 6. The van der Waals surface area contributed by atoms with Crippen LogP contribution in [-0.4, -0.2) is 19.1 Å². The van der Waals surface area contributed by atoms with E-state index in [0.29, 0.717) is 5.95 Å². The average Bonchev–Trinajstić information content (AvgIpc) is 3.73. The third-order valence-corrected chi connectivity index (χ3v) is 10.2. The highest BCUT2D eigenvalue weighted by Crippen LogP contribution is 2.39. The van der Waals surface area contributed by atoms with Gasteiger partial charge in [-0.05, 0) is 60.5 Å². The van der Waals surface area contributed by atoms with Crippen LogP contribution < -0.4 is 0 Å². The van der Waals surface area contributed by atoms with E-state index in [9.17, 15) is 0 Å². The van der Waals surface area contributed by atoms with E-state index in [1.807, 2.05) is 6.07 Å². The van der Waals surface area contributed by atoms with Gasteiger partial charge in [0.15, 0.2) is 0 Å². The predicted molar refractivity (Wildman–Crippen MR) is 222 cm³/mol. The first kappa shape index (κ1) is 30.8. The number of benzene rings is 7. The normalized spacial score (nSPS) is 11.8. The number of hydrogen-bond donors (Lipinski definition) is 0. The summed E-state index contributed by atoms with van der Waals surface area (Å²) in [6, 6.07) is 62.2. The Morgan fingerprint density at radius 2 is 1.08 bits per heavy atom. The molecule has 0 radical (unpaired) electrons. The van der Waals surface area contributed by atoms with Gasteiger partial charge < -0.3 is 4.57 Å². The molecule has 3 heterocycles. The Bertz CT molecular complexity index is 2990. The summed E-state index contributed by atoms with van der Waals surface area (Å²) in [7, 11) is 0. The minimum absolute atomic E-state index is 0.662. The second-order valence-electron chi connectivity index (χ2n) is 13.5. The molecule has 0 amide bonds. The third kappa shape index (κ3) is 5.23. The minimum atomic E-state index is 0.662. The Morgan fingerprint density at radius 1 is 0.453 bits per heavy atom. The number of para-hydroxylation sites is 4. The van der Waals surface area contributed by atoms with Crippen LogP contribution in [0.25, 0.3) is 89.9 Å². The fourth-order valence-corrected chi connectivity index (χ4v) is 7.74. The third-order valence-electron chi connectivity index (χ3n) is 10.2. The minimum Gasteiger partial charge on any atom is -0.309 e. The van der Waals surface area contributed by atoms with Crippen molar-refractivity contribution in [3.05, 3.63) is 193 Å². The average molecular weight is 679 g/mol. The van der Waals surface area contributed by atoms with E-state index in [0.717, 1.165) is 55.2 Å². The summed E-state index contributed by atoms with van der Waals surface area (Å²) in [5.74, 6) is 0.662. The van der Waals surface area contributed by atoms with Crippen LogP contribution in [0, 0.1) is 6.92 Å². The summed E-state index contributed by atoms with van der Waals surface area (Å²) in [6.07, 6.45) is 4.53. The molecular formula is C49H34N4. The topological polar surface area (TPSA) is 35.6 Å². The second kappa shape index (κ2) is 12.6. The zero-order valence-electron chi connectivity index (χ0n) is 29.2. The molecule has 0 N–H and O–H groups in total. The standard InChI is InChI=1S/C49H34N4/c1-33-24-28-35(29-25-33)47-41-20-8-11-21-43(41)50-49(51-47)53-45-23-13-10-19-39(45)42-32-34(27-31-46(42)53)26-30-40-38-18-9-12-22-44(38)52(37-16-6-3-7-17-37)48(40)36-14-4-2-5-15-36/h2-32H,1H3/b30-26+. The highest BCUT2D eigenvalue weighted by atomic mass is 15.2. The molecule has 0 aliphatic carbocycles. The molecule has 10 rings (SSSR count). The first-order valence-corrected chi connectivity index (χ1v) is 18.0. The van der Waals surface area contributed by atoms with Gasteiger partial charge in [0.25, 0.3) is 0 Å². The van der Waals surface area contributed by atoms with Crippen LogP contribution in [0.2, 0.25) is 0 Å². The Kier molecular flexibility index (Phi) is 7.33. The molecule has 4 nitrogen and oxygen atoms in total. The Labute approximate surface area is 307 Å². The van der Waals surface area contributed by atoms with Crippen LogP contribution >= 0.6 is 0 Å². The summed E-state index contributed by atoms with van der Waals surface area (Å²) in [5.41, 5.74) is 13.3. The number of aromatic nitrogens is 4. The van der Waals surface area contributed by atoms with Crippen LogP contribution in [0.1, 0.15) is 16.7 Å². The van der Waals surface area contributed by atoms with E-state index in [1.165, 1.54) is 33.3 Å². The SMILES string of the molecule is Cc1ccc(-c2nc(-n3c4ccccc4c4cc(/C=C/c5c(-c6ccccc6)n(-c6ccccc6)c6ccccc56)ccc43)nc3ccccc23)cc1. The first-order chi connectivity index (χ1) is 26.2. The van der Waals surface area contributed by atoms with E-state index < -0.39 is 0 Å². The van der Waals surface area contributed by atoms with Gasteiger partial charge in [0.2, 0.25) is 5.95 Å². The van der Waals surface area contributed by atoms with Gasteiger partial charge in [-0.3, -0.25) is 4.57 Å². The molecule has 0 saturated carbocycles. The molecule has 0 spiro atoms. The summed E-state index contributed by atoms with van der Waals surface area (Å²) < 4.78 is 4.60. The van der Waals surface area contributed by atoms with Gasteiger partial charge in [0.05, 0.1) is 33.5 Å². The molecule has 0 aliphatic heterocycles. The van der Waals surface area contributed by atoms with E-state index >= 15 is 0 Å². The molecule has 0 atom stereocenters. The molecule has 0 fully saturated rings. The predicted octanol–water partition coefficient (Wildman–Crippen LogP) is 12.5. The van der Waals surface area contributed by atoms with Crippen LogP contribution in [0.4, 0.5) is 0 Å². The van der Waals surface area contributed by atoms with E-state index in [2.05, 4.69) is 198 Å². The van der Waals surface area contributed by atoms with Crippen molar-refractivity contribution in [1.29, 1.82) is 0 Å². The smallest absolute Gasteiger partial charge is 0.235 e. The maximum Gasteiger partial charge on any atom is 0.235 e. The highest BCUT2D eigenvalue weighted by molar-refractivity contribution is 6.10. The van der Waals surface area contributed by atoms with Crippen LogP contribution in [0.15, 0.2) is 176 Å². The summed E-state index contributed by atoms with van der Waals surface area (Å²) >= 11 is 0. The van der Waals surface area contributed by atoms with Crippen LogP contribution in [0.5, 0.6) is 0 Å². The second-order valence-corrected chi connectivity index (χ2v) is 13.5. The lowest BCUT2D eigenvalue weighted by Crippen LogP contribution is -2.03. The number of nitrogens with zero attached hydrogens (tertiary/aromatic N) is 4. The monoisotopic (exact) mass is 678 g/mol. The maximum atomic E-state index is 5.27. The molecule has 3 aromatic heterocycles. The Balaban J connectivity index is 1.15. The maximum absolute atomic E-state index is 5.27. The van der Waals surface area contributed by atoms with Gasteiger partial charge in [-0.2, -0.15) is 0 Å². The van der Waals surface area contributed by atoms with Gasteiger partial charge >= 0.3 is 0 Å². The fraction of sp³-hybridized carbons (Fsp3) is 0.0204. The summed E-state index contributed by atoms with van der Waals surface area (Å²) in [4.78, 5) is 10.4. The zero-order valence-corrected chi connectivity index (χ0v) is 29.2. The lowest BCUT2D eigenvalue weighted by atomic mass is 10.0. The molecule has 10 aromatic rings. The summed E-state index contributed by atoms with van der Waals surface area (Å²) in [5, 5.41) is 4.57. The van der Waals surface area contributed by atoms with Crippen molar-refractivity contribution in [2.75, 3.05) is 0 Å². The fourth-order valence-electron chi connectivity index (χ4n) is 7.74. The van der Waals surface area contributed by atoms with Crippen molar-refractivity contribution in [2.24, 2.45) is 0 Å². The molecule has 0 saturated heterocycles. The molecule has 4 heteroatoms. The largest absolute Gasteiger partial charge is 0.309 e. The van der Waals surface area contributed by atoms with Gasteiger partial charge in [-0.25, -0.2) is 9.97 Å². The number of aryl methyl sites for hydroxylation is 1. The van der Waals surface area contributed by atoms with Crippen molar-refractivity contribution >= 4 is 55.8 Å². The zero-order chi connectivity index (χ0) is 35.3.